The van der Waals surface area contributed by atoms with Gasteiger partial charge in [0.1, 0.15) is 10.6 Å². The molecule has 0 saturated carbocycles. The van der Waals surface area contributed by atoms with E-state index in [4.69, 9.17) is 9.47 Å². The average molecular weight is 406 g/mol. The number of carbonyl (C=O) groups excluding carboxylic acids is 2. The standard InChI is InChI=1S/C19H22N2O6S/c1-4-21(15-8-6-5-7-9-15)18(22)13-27-19(23)14-10-11-16(26-3)17(12-14)28(24,25)20-2/h5-12,20H,4,13H2,1-3H3. The highest BCUT2D eigenvalue weighted by Crippen LogP contribution is 2.25. The van der Waals surface area contributed by atoms with Crippen LogP contribution in [0.15, 0.2) is 53.4 Å². The van der Waals surface area contributed by atoms with Crippen LogP contribution in [-0.2, 0) is 19.6 Å². The number of anilines is 1. The minimum Gasteiger partial charge on any atom is -0.495 e. The fourth-order valence-corrected chi connectivity index (χ4v) is 3.44. The van der Waals surface area contributed by atoms with Crippen molar-refractivity contribution < 1.29 is 27.5 Å². The maximum Gasteiger partial charge on any atom is 0.338 e. The third-order valence-electron chi connectivity index (χ3n) is 3.97. The quantitative estimate of drug-likeness (QED) is 0.671. The first-order chi connectivity index (χ1) is 13.3. The monoisotopic (exact) mass is 406 g/mol. The molecule has 0 saturated heterocycles. The number of benzene rings is 2. The molecule has 0 aliphatic rings. The lowest BCUT2D eigenvalue weighted by Crippen LogP contribution is -2.34. The number of hydrogen-bond acceptors (Lipinski definition) is 6. The van der Waals surface area contributed by atoms with E-state index in [1.165, 1.54) is 31.2 Å². The van der Waals surface area contributed by atoms with Gasteiger partial charge in [0, 0.05) is 12.2 Å². The number of esters is 1. The smallest absolute Gasteiger partial charge is 0.338 e. The Morgan fingerprint density at radius 3 is 2.36 bits per heavy atom. The van der Waals surface area contributed by atoms with Crippen LogP contribution in [0.4, 0.5) is 5.69 Å². The van der Waals surface area contributed by atoms with E-state index < -0.39 is 28.5 Å². The van der Waals surface area contributed by atoms with Crippen molar-refractivity contribution in [1.82, 2.24) is 4.72 Å². The average Bonchev–Trinajstić information content (AvgIpc) is 2.72. The number of para-hydroxylation sites is 1. The Morgan fingerprint density at radius 2 is 1.79 bits per heavy atom. The van der Waals surface area contributed by atoms with Crippen LogP contribution in [0.25, 0.3) is 0 Å². The summed E-state index contributed by atoms with van der Waals surface area (Å²) in [5, 5.41) is 0. The van der Waals surface area contributed by atoms with Crippen LogP contribution < -0.4 is 14.4 Å². The Kier molecular flexibility index (Phi) is 7.13. The highest BCUT2D eigenvalue weighted by atomic mass is 32.2. The summed E-state index contributed by atoms with van der Waals surface area (Å²) in [4.78, 5) is 26.0. The Balaban J connectivity index is 2.15. The summed E-state index contributed by atoms with van der Waals surface area (Å²) in [6.45, 7) is 1.75. The SMILES string of the molecule is CCN(C(=O)COC(=O)c1ccc(OC)c(S(=O)(=O)NC)c1)c1ccccc1. The molecule has 8 nitrogen and oxygen atoms in total. The van der Waals surface area contributed by atoms with Crippen molar-refractivity contribution in [2.24, 2.45) is 0 Å². The summed E-state index contributed by atoms with van der Waals surface area (Å²) in [6.07, 6.45) is 0. The van der Waals surface area contributed by atoms with Crippen LogP contribution >= 0.6 is 0 Å². The van der Waals surface area contributed by atoms with E-state index >= 15 is 0 Å². The van der Waals surface area contributed by atoms with Crippen molar-refractivity contribution >= 4 is 27.6 Å². The summed E-state index contributed by atoms with van der Waals surface area (Å²) in [6, 6.07) is 12.9. The molecule has 0 spiro atoms. The predicted molar refractivity (Wildman–Crippen MR) is 104 cm³/mol. The van der Waals surface area contributed by atoms with Crippen LogP contribution in [0, 0.1) is 0 Å². The van der Waals surface area contributed by atoms with E-state index in [2.05, 4.69) is 4.72 Å². The highest BCUT2D eigenvalue weighted by Gasteiger charge is 2.22. The molecule has 2 aromatic rings. The number of methoxy groups -OCH3 is 1. The number of nitrogens with one attached hydrogen (secondary N) is 1. The largest absolute Gasteiger partial charge is 0.495 e. The van der Waals surface area contributed by atoms with Crippen molar-refractivity contribution in [3.05, 3.63) is 54.1 Å². The van der Waals surface area contributed by atoms with E-state index in [9.17, 15) is 18.0 Å². The second kappa shape index (κ2) is 9.34. The Labute approximate surface area is 164 Å². The number of rotatable bonds is 8. The molecule has 2 aromatic carbocycles. The van der Waals surface area contributed by atoms with Gasteiger partial charge in [0.25, 0.3) is 5.91 Å². The van der Waals surface area contributed by atoms with Gasteiger partial charge in [-0.3, -0.25) is 4.79 Å². The van der Waals surface area contributed by atoms with Gasteiger partial charge in [-0.05, 0) is 44.3 Å². The Morgan fingerprint density at radius 1 is 1.11 bits per heavy atom. The molecule has 1 amide bonds. The maximum atomic E-state index is 12.4. The van der Waals surface area contributed by atoms with E-state index in [0.29, 0.717) is 12.2 Å². The zero-order valence-electron chi connectivity index (χ0n) is 15.8. The van der Waals surface area contributed by atoms with Crippen molar-refractivity contribution in [1.29, 1.82) is 0 Å². The minimum atomic E-state index is -3.84. The van der Waals surface area contributed by atoms with E-state index in [-0.39, 0.29) is 16.2 Å². The van der Waals surface area contributed by atoms with Gasteiger partial charge in [-0.2, -0.15) is 0 Å². The summed E-state index contributed by atoms with van der Waals surface area (Å²) >= 11 is 0. The van der Waals surface area contributed by atoms with E-state index in [0.717, 1.165) is 6.07 Å². The lowest BCUT2D eigenvalue weighted by atomic mass is 10.2. The molecule has 2 rings (SSSR count). The molecule has 0 unspecified atom stereocenters. The molecule has 28 heavy (non-hydrogen) atoms. The summed E-state index contributed by atoms with van der Waals surface area (Å²) < 4.78 is 36.5. The molecule has 0 aliphatic heterocycles. The normalized spacial score (nSPS) is 11.0. The minimum absolute atomic E-state index is 0.00909. The zero-order valence-corrected chi connectivity index (χ0v) is 16.7. The fourth-order valence-electron chi connectivity index (χ4n) is 2.52. The van der Waals surface area contributed by atoms with Gasteiger partial charge in [-0.15, -0.1) is 0 Å². The molecule has 0 aliphatic carbocycles. The van der Waals surface area contributed by atoms with Gasteiger partial charge < -0.3 is 14.4 Å². The number of amides is 1. The summed E-state index contributed by atoms with van der Waals surface area (Å²) in [7, 11) is -1.27. The molecular formula is C19H22N2O6S. The third-order valence-corrected chi connectivity index (χ3v) is 5.40. The predicted octanol–water partition coefficient (Wildman–Crippen LogP) is 1.81. The molecule has 150 valence electrons. The molecule has 0 fully saturated rings. The molecular weight excluding hydrogens is 384 g/mol. The van der Waals surface area contributed by atoms with Gasteiger partial charge in [0.2, 0.25) is 10.0 Å². The van der Waals surface area contributed by atoms with Crippen molar-refractivity contribution in [3.63, 3.8) is 0 Å². The number of sulfonamides is 1. The molecule has 9 heteroatoms. The number of ether oxygens (including phenoxy) is 2. The van der Waals surface area contributed by atoms with Crippen molar-refractivity contribution in [2.45, 2.75) is 11.8 Å². The van der Waals surface area contributed by atoms with Gasteiger partial charge in [-0.25, -0.2) is 17.9 Å². The Bertz CT molecular complexity index is 944. The van der Waals surface area contributed by atoms with Crippen LogP contribution in [0.3, 0.4) is 0 Å². The second-order valence-electron chi connectivity index (χ2n) is 5.62. The number of likely N-dealkylation sites (N-methyl/N-ethyl adjacent to an activating group) is 1. The fraction of sp³-hybridized carbons (Fsp3) is 0.263. The first-order valence-corrected chi connectivity index (χ1v) is 9.96. The highest BCUT2D eigenvalue weighted by molar-refractivity contribution is 7.89. The number of nitrogens with zero attached hydrogens (tertiary/aromatic N) is 1. The first-order valence-electron chi connectivity index (χ1n) is 8.48. The molecule has 0 aromatic heterocycles. The Hall–Kier alpha value is -2.91. The van der Waals surface area contributed by atoms with Crippen molar-refractivity contribution in [3.8, 4) is 5.75 Å². The lowest BCUT2D eigenvalue weighted by molar-refractivity contribution is -0.121. The zero-order chi connectivity index (χ0) is 20.7. The lowest BCUT2D eigenvalue weighted by Gasteiger charge is -2.20. The van der Waals surface area contributed by atoms with Crippen LogP contribution in [0.5, 0.6) is 5.75 Å². The van der Waals surface area contributed by atoms with Crippen LogP contribution in [-0.4, -0.2) is 47.6 Å². The molecule has 0 radical (unpaired) electrons. The number of hydrogen-bond donors (Lipinski definition) is 1. The van der Waals surface area contributed by atoms with Gasteiger partial charge in [-0.1, -0.05) is 18.2 Å². The molecule has 0 heterocycles. The molecule has 1 N–H and O–H groups in total. The number of carbonyl (C=O) groups is 2. The second-order valence-corrected chi connectivity index (χ2v) is 7.48. The van der Waals surface area contributed by atoms with E-state index in [1.807, 2.05) is 13.0 Å². The van der Waals surface area contributed by atoms with Gasteiger partial charge in [0.15, 0.2) is 6.61 Å². The van der Waals surface area contributed by atoms with E-state index in [1.54, 1.807) is 24.3 Å². The summed E-state index contributed by atoms with van der Waals surface area (Å²) in [5.74, 6) is -1.12. The van der Waals surface area contributed by atoms with Crippen LogP contribution in [0.2, 0.25) is 0 Å². The molecule has 0 bridgehead atoms. The van der Waals surface area contributed by atoms with Gasteiger partial charge in [0.05, 0.1) is 12.7 Å². The topological polar surface area (TPSA) is 102 Å². The third kappa shape index (κ3) is 4.87. The van der Waals surface area contributed by atoms with Crippen molar-refractivity contribution in [2.75, 3.05) is 32.2 Å². The van der Waals surface area contributed by atoms with Crippen LogP contribution in [0.1, 0.15) is 17.3 Å². The first kappa shape index (κ1) is 21.4. The molecule has 0 atom stereocenters. The summed E-state index contributed by atoms with van der Waals surface area (Å²) in [5.41, 5.74) is 0.683. The maximum absolute atomic E-state index is 12.4. The van der Waals surface area contributed by atoms with Gasteiger partial charge >= 0.3 is 5.97 Å².